The summed E-state index contributed by atoms with van der Waals surface area (Å²) in [5, 5.41) is 7.03. The summed E-state index contributed by atoms with van der Waals surface area (Å²) in [5.41, 5.74) is 0.484. The standard InChI is InChI=1S/C14H14BrClFN3O/c1-8(2)20-14(21)13(16)12(7-19-20)18-6-9-5-10(15)3-4-11(9)17/h3-5,7-8,18H,6H2,1-2H3. The Labute approximate surface area is 135 Å². The van der Waals surface area contributed by atoms with E-state index in [1.807, 2.05) is 13.8 Å². The van der Waals surface area contributed by atoms with E-state index in [1.54, 1.807) is 12.1 Å². The van der Waals surface area contributed by atoms with E-state index >= 15 is 0 Å². The summed E-state index contributed by atoms with van der Waals surface area (Å²) in [6, 6.07) is 4.58. The van der Waals surface area contributed by atoms with Crippen LogP contribution in [-0.4, -0.2) is 9.78 Å². The first-order valence-corrected chi connectivity index (χ1v) is 7.52. The molecular formula is C14H14BrClFN3O. The van der Waals surface area contributed by atoms with E-state index in [4.69, 9.17) is 11.6 Å². The second kappa shape index (κ2) is 6.58. The van der Waals surface area contributed by atoms with Crippen LogP contribution in [0.1, 0.15) is 25.5 Å². The molecule has 0 unspecified atom stereocenters. The van der Waals surface area contributed by atoms with Gasteiger partial charge in [0.25, 0.3) is 5.56 Å². The minimum absolute atomic E-state index is 0.0501. The van der Waals surface area contributed by atoms with Crippen molar-refractivity contribution in [1.29, 1.82) is 0 Å². The number of anilines is 1. The van der Waals surface area contributed by atoms with Gasteiger partial charge in [-0.15, -0.1) is 0 Å². The topological polar surface area (TPSA) is 46.9 Å². The lowest BCUT2D eigenvalue weighted by molar-refractivity contribution is 0.503. The van der Waals surface area contributed by atoms with E-state index in [1.165, 1.54) is 16.9 Å². The van der Waals surface area contributed by atoms with Gasteiger partial charge < -0.3 is 5.32 Å². The molecule has 1 aromatic carbocycles. The molecule has 21 heavy (non-hydrogen) atoms. The molecule has 0 saturated heterocycles. The van der Waals surface area contributed by atoms with Crippen molar-refractivity contribution in [2.75, 3.05) is 5.32 Å². The average molecular weight is 375 g/mol. The number of benzene rings is 1. The summed E-state index contributed by atoms with van der Waals surface area (Å²) in [6.07, 6.45) is 1.47. The van der Waals surface area contributed by atoms with Crippen molar-refractivity contribution in [2.24, 2.45) is 0 Å². The summed E-state index contributed by atoms with van der Waals surface area (Å²) in [6.45, 7) is 3.89. The first-order valence-electron chi connectivity index (χ1n) is 6.35. The maximum Gasteiger partial charge on any atom is 0.287 e. The van der Waals surface area contributed by atoms with Crippen LogP contribution in [0, 0.1) is 5.82 Å². The lowest BCUT2D eigenvalue weighted by atomic mass is 10.2. The van der Waals surface area contributed by atoms with E-state index in [-0.39, 0.29) is 29.0 Å². The van der Waals surface area contributed by atoms with Crippen LogP contribution in [0.3, 0.4) is 0 Å². The van der Waals surface area contributed by atoms with E-state index in [9.17, 15) is 9.18 Å². The van der Waals surface area contributed by atoms with Gasteiger partial charge in [0.15, 0.2) is 0 Å². The zero-order chi connectivity index (χ0) is 15.6. The van der Waals surface area contributed by atoms with Crippen molar-refractivity contribution >= 4 is 33.2 Å². The maximum atomic E-state index is 13.6. The molecule has 0 saturated carbocycles. The summed E-state index contributed by atoms with van der Waals surface area (Å²) in [7, 11) is 0. The van der Waals surface area contributed by atoms with Crippen LogP contribution in [0.4, 0.5) is 10.1 Å². The van der Waals surface area contributed by atoms with Crippen LogP contribution in [0.15, 0.2) is 33.7 Å². The third-order valence-corrected chi connectivity index (χ3v) is 3.77. The fourth-order valence-electron chi connectivity index (χ4n) is 1.81. The number of hydrogen-bond donors (Lipinski definition) is 1. The summed E-state index contributed by atoms with van der Waals surface area (Å²) >= 11 is 9.33. The minimum atomic E-state index is -0.369. The minimum Gasteiger partial charge on any atom is -0.378 e. The molecule has 0 bridgehead atoms. The highest BCUT2D eigenvalue weighted by atomic mass is 79.9. The molecule has 1 heterocycles. The number of aromatic nitrogens is 2. The molecule has 0 aliphatic heterocycles. The van der Waals surface area contributed by atoms with Gasteiger partial charge in [-0.3, -0.25) is 4.79 Å². The van der Waals surface area contributed by atoms with Gasteiger partial charge in [-0.25, -0.2) is 9.07 Å². The molecule has 7 heteroatoms. The Bertz CT molecular complexity index is 718. The van der Waals surface area contributed by atoms with Gasteiger partial charge >= 0.3 is 0 Å². The number of nitrogens with zero attached hydrogens (tertiary/aromatic N) is 2. The van der Waals surface area contributed by atoms with Gasteiger partial charge in [0.1, 0.15) is 10.8 Å². The summed E-state index contributed by atoms with van der Waals surface area (Å²) in [4.78, 5) is 12.0. The van der Waals surface area contributed by atoms with Crippen LogP contribution in [0.25, 0.3) is 0 Å². The molecule has 2 aromatic rings. The van der Waals surface area contributed by atoms with Gasteiger partial charge in [0, 0.05) is 16.6 Å². The van der Waals surface area contributed by atoms with Crippen molar-refractivity contribution in [2.45, 2.75) is 26.4 Å². The van der Waals surface area contributed by atoms with Crippen molar-refractivity contribution in [3.8, 4) is 0 Å². The lowest BCUT2D eigenvalue weighted by Gasteiger charge is -2.12. The molecule has 0 amide bonds. The van der Waals surface area contributed by atoms with Crippen LogP contribution in [0.5, 0.6) is 0 Å². The second-order valence-electron chi connectivity index (χ2n) is 4.80. The zero-order valence-electron chi connectivity index (χ0n) is 11.5. The third kappa shape index (κ3) is 3.63. The Kier molecular flexibility index (Phi) is 5.00. The Morgan fingerprint density at radius 2 is 2.19 bits per heavy atom. The van der Waals surface area contributed by atoms with Gasteiger partial charge in [0.05, 0.1) is 17.9 Å². The van der Waals surface area contributed by atoms with E-state index in [0.717, 1.165) is 4.47 Å². The number of nitrogens with one attached hydrogen (secondary N) is 1. The average Bonchev–Trinajstić information content (AvgIpc) is 2.43. The summed E-state index contributed by atoms with van der Waals surface area (Å²) in [5.74, 6) is -0.328. The Balaban J connectivity index is 2.23. The quantitative estimate of drug-likeness (QED) is 0.880. The predicted octanol–water partition coefficient (Wildman–Crippen LogP) is 3.99. The van der Waals surface area contributed by atoms with Gasteiger partial charge in [-0.2, -0.15) is 5.10 Å². The molecule has 0 aliphatic rings. The number of rotatable bonds is 4. The molecule has 0 radical (unpaired) electrons. The van der Waals surface area contributed by atoms with Crippen LogP contribution in [-0.2, 0) is 6.54 Å². The molecule has 0 aliphatic carbocycles. The van der Waals surface area contributed by atoms with E-state index in [2.05, 4.69) is 26.3 Å². The van der Waals surface area contributed by atoms with Crippen molar-refractivity contribution in [3.63, 3.8) is 0 Å². The first kappa shape index (κ1) is 16.0. The second-order valence-corrected chi connectivity index (χ2v) is 6.10. The highest BCUT2D eigenvalue weighted by Gasteiger charge is 2.11. The molecule has 1 N–H and O–H groups in total. The molecule has 1 aromatic heterocycles. The van der Waals surface area contributed by atoms with Crippen LogP contribution in [0.2, 0.25) is 5.02 Å². The van der Waals surface area contributed by atoms with Crippen LogP contribution >= 0.6 is 27.5 Å². The molecule has 2 rings (SSSR count). The Morgan fingerprint density at radius 1 is 1.48 bits per heavy atom. The fourth-order valence-corrected chi connectivity index (χ4v) is 2.42. The lowest BCUT2D eigenvalue weighted by Crippen LogP contribution is -2.25. The Hall–Kier alpha value is -1.40. The molecule has 0 fully saturated rings. The van der Waals surface area contributed by atoms with Crippen LogP contribution < -0.4 is 10.9 Å². The van der Waals surface area contributed by atoms with Gasteiger partial charge in [0.2, 0.25) is 0 Å². The number of hydrogen-bond acceptors (Lipinski definition) is 3. The SMILES string of the molecule is CC(C)n1ncc(NCc2cc(Br)ccc2F)c(Cl)c1=O. The van der Waals surface area contributed by atoms with Crippen molar-refractivity contribution < 1.29 is 4.39 Å². The van der Waals surface area contributed by atoms with Gasteiger partial charge in [-0.05, 0) is 32.0 Å². The largest absolute Gasteiger partial charge is 0.378 e. The number of halogens is 3. The highest BCUT2D eigenvalue weighted by Crippen LogP contribution is 2.20. The van der Waals surface area contributed by atoms with E-state index in [0.29, 0.717) is 11.3 Å². The third-order valence-electron chi connectivity index (χ3n) is 2.91. The Morgan fingerprint density at radius 3 is 2.86 bits per heavy atom. The summed E-state index contributed by atoms with van der Waals surface area (Å²) < 4.78 is 15.7. The molecular weight excluding hydrogens is 361 g/mol. The molecule has 0 atom stereocenters. The van der Waals surface area contributed by atoms with Crippen molar-refractivity contribution in [3.05, 3.63) is 55.6 Å². The molecule has 4 nitrogen and oxygen atoms in total. The normalized spacial score (nSPS) is 11.0. The predicted molar refractivity (Wildman–Crippen MR) is 85.3 cm³/mol. The first-order chi connectivity index (χ1) is 9.90. The fraction of sp³-hybridized carbons (Fsp3) is 0.286. The monoisotopic (exact) mass is 373 g/mol. The van der Waals surface area contributed by atoms with Crippen molar-refractivity contribution in [1.82, 2.24) is 9.78 Å². The molecule has 112 valence electrons. The maximum absolute atomic E-state index is 13.6. The highest BCUT2D eigenvalue weighted by molar-refractivity contribution is 9.10. The van der Waals surface area contributed by atoms with Gasteiger partial charge in [-0.1, -0.05) is 27.5 Å². The molecule has 0 spiro atoms. The zero-order valence-corrected chi connectivity index (χ0v) is 13.9. The smallest absolute Gasteiger partial charge is 0.287 e. The van der Waals surface area contributed by atoms with E-state index < -0.39 is 0 Å².